The van der Waals surface area contributed by atoms with Crippen molar-refractivity contribution in [1.29, 1.82) is 0 Å². The first-order valence-corrected chi connectivity index (χ1v) is 7.72. The molecule has 0 aliphatic rings. The van der Waals surface area contributed by atoms with Gasteiger partial charge in [-0.05, 0) is 44.9 Å². The Hall–Kier alpha value is -2.50. The van der Waals surface area contributed by atoms with Crippen LogP contribution < -0.4 is 5.32 Å². The normalized spacial score (nSPS) is 10.7. The number of rotatable bonds is 6. The maximum absolute atomic E-state index is 12.6. The van der Waals surface area contributed by atoms with Crippen LogP contribution in [0.2, 0.25) is 0 Å². The van der Waals surface area contributed by atoms with Crippen LogP contribution in [-0.2, 0) is 6.42 Å². The lowest BCUT2D eigenvalue weighted by Gasteiger charge is -2.18. The third-order valence-corrected chi connectivity index (χ3v) is 3.33. The van der Waals surface area contributed by atoms with Gasteiger partial charge in [0.1, 0.15) is 17.3 Å². The number of aromatic nitrogens is 3. The van der Waals surface area contributed by atoms with Gasteiger partial charge in [-0.15, -0.1) is 0 Å². The molecule has 0 atom stereocenters. The molecule has 2 rings (SSSR count). The number of carbonyl (C=O) groups is 1. The Bertz CT molecular complexity index is 657. The number of pyridine rings is 1. The molecule has 0 spiro atoms. The Kier molecular flexibility index (Phi) is 5.62. The second-order valence-corrected chi connectivity index (χ2v) is 5.82. The first-order valence-electron chi connectivity index (χ1n) is 7.72. The first kappa shape index (κ1) is 16.9. The number of anilines is 1. The minimum atomic E-state index is -0.101. The summed E-state index contributed by atoms with van der Waals surface area (Å²) < 4.78 is 0. The molecule has 0 saturated carbocycles. The van der Waals surface area contributed by atoms with Gasteiger partial charge in [-0.3, -0.25) is 9.78 Å². The predicted octanol–water partition coefficient (Wildman–Crippen LogP) is 2.32. The number of aryl methyl sites for hydroxylation is 1. The highest BCUT2D eigenvalue weighted by Crippen LogP contribution is 2.10. The lowest BCUT2D eigenvalue weighted by atomic mass is 10.2. The van der Waals surface area contributed by atoms with E-state index in [1.807, 2.05) is 26.0 Å². The Morgan fingerprint density at radius 2 is 1.96 bits per heavy atom. The van der Waals surface area contributed by atoms with Crippen LogP contribution in [0.5, 0.6) is 0 Å². The highest BCUT2D eigenvalue weighted by atomic mass is 16.2. The number of likely N-dealkylation sites (N-methyl/N-ethyl adjacent to an activating group) is 1. The quantitative estimate of drug-likeness (QED) is 0.886. The summed E-state index contributed by atoms with van der Waals surface area (Å²) >= 11 is 0. The molecule has 0 aliphatic heterocycles. The Morgan fingerprint density at radius 1 is 1.26 bits per heavy atom. The summed E-state index contributed by atoms with van der Waals surface area (Å²) in [5.41, 5.74) is 1.57. The standard InChI is InChI=1S/C17H23N5O/c1-12(2)19-16-11-15(20-13(3)21-16)17(23)22(4)10-7-14-5-8-18-9-6-14/h5-6,8-9,11-12H,7,10H2,1-4H3,(H,19,20,21). The monoisotopic (exact) mass is 313 g/mol. The van der Waals surface area contributed by atoms with Crippen LogP contribution in [0.4, 0.5) is 5.82 Å². The predicted molar refractivity (Wildman–Crippen MR) is 90.4 cm³/mol. The van der Waals surface area contributed by atoms with Gasteiger partial charge in [-0.1, -0.05) is 0 Å². The van der Waals surface area contributed by atoms with Gasteiger partial charge in [0.25, 0.3) is 5.91 Å². The van der Waals surface area contributed by atoms with E-state index < -0.39 is 0 Å². The van der Waals surface area contributed by atoms with Crippen LogP contribution in [0.15, 0.2) is 30.6 Å². The molecule has 0 aromatic carbocycles. The number of amides is 1. The molecule has 0 aliphatic carbocycles. The van der Waals surface area contributed by atoms with Crippen molar-refractivity contribution in [2.45, 2.75) is 33.2 Å². The minimum Gasteiger partial charge on any atom is -0.368 e. The maximum Gasteiger partial charge on any atom is 0.272 e. The summed E-state index contributed by atoms with van der Waals surface area (Å²) in [5, 5.41) is 3.21. The zero-order valence-corrected chi connectivity index (χ0v) is 14.1. The van der Waals surface area contributed by atoms with Gasteiger partial charge in [0, 0.05) is 38.1 Å². The van der Waals surface area contributed by atoms with Crippen LogP contribution in [-0.4, -0.2) is 45.4 Å². The summed E-state index contributed by atoms with van der Waals surface area (Å²) in [7, 11) is 1.79. The van der Waals surface area contributed by atoms with Crippen LogP contribution >= 0.6 is 0 Å². The average molecular weight is 313 g/mol. The van der Waals surface area contributed by atoms with Crippen molar-refractivity contribution >= 4 is 11.7 Å². The van der Waals surface area contributed by atoms with Crippen molar-refractivity contribution in [2.75, 3.05) is 18.9 Å². The second kappa shape index (κ2) is 7.67. The molecule has 122 valence electrons. The number of hydrogen-bond acceptors (Lipinski definition) is 5. The van der Waals surface area contributed by atoms with Gasteiger partial charge in [0.05, 0.1) is 0 Å². The van der Waals surface area contributed by atoms with E-state index >= 15 is 0 Å². The fraction of sp³-hybridized carbons (Fsp3) is 0.412. The van der Waals surface area contributed by atoms with Gasteiger partial charge in [-0.2, -0.15) is 0 Å². The van der Waals surface area contributed by atoms with E-state index in [-0.39, 0.29) is 11.9 Å². The van der Waals surface area contributed by atoms with E-state index in [4.69, 9.17) is 0 Å². The molecule has 23 heavy (non-hydrogen) atoms. The van der Waals surface area contributed by atoms with E-state index in [0.29, 0.717) is 23.9 Å². The van der Waals surface area contributed by atoms with E-state index in [9.17, 15) is 4.79 Å². The molecule has 1 N–H and O–H groups in total. The maximum atomic E-state index is 12.6. The zero-order valence-electron chi connectivity index (χ0n) is 14.1. The third kappa shape index (κ3) is 5.02. The van der Waals surface area contributed by atoms with Crippen LogP contribution in [0, 0.1) is 6.92 Å². The van der Waals surface area contributed by atoms with Crippen molar-refractivity contribution in [3.8, 4) is 0 Å². The van der Waals surface area contributed by atoms with Crippen molar-refractivity contribution in [1.82, 2.24) is 19.9 Å². The highest BCUT2D eigenvalue weighted by molar-refractivity contribution is 5.92. The molecule has 6 heteroatoms. The smallest absolute Gasteiger partial charge is 0.272 e. The van der Waals surface area contributed by atoms with Crippen LogP contribution in [0.1, 0.15) is 35.7 Å². The molecule has 0 saturated heterocycles. The number of nitrogens with one attached hydrogen (secondary N) is 1. The zero-order chi connectivity index (χ0) is 16.8. The van der Waals surface area contributed by atoms with Crippen molar-refractivity contribution < 1.29 is 4.79 Å². The van der Waals surface area contributed by atoms with Gasteiger partial charge in [-0.25, -0.2) is 9.97 Å². The Labute approximate surface area is 137 Å². The molecular formula is C17H23N5O. The van der Waals surface area contributed by atoms with E-state index in [1.54, 1.807) is 37.3 Å². The van der Waals surface area contributed by atoms with Crippen LogP contribution in [0.3, 0.4) is 0 Å². The van der Waals surface area contributed by atoms with E-state index in [2.05, 4.69) is 20.3 Å². The molecule has 0 unspecified atom stereocenters. The molecule has 6 nitrogen and oxygen atoms in total. The Balaban J connectivity index is 2.05. The lowest BCUT2D eigenvalue weighted by molar-refractivity contribution is 0.0790. The van der Waals surface area contributed by atoms with Gasteiger partial charge in [0.15, 0.2) is 0 Å². The summed E-state index contributed by atoms with van der Waals surface area (Å²) in [4.78, 5) is 26.8. The summed E-state index contributed by atoms with van der Waals surface area (Å²) in [6, 6.07) is 5.87. The molecule has 0 fully saturated rings. The average Bonchev–Trinajstić information content (AvgIpc) is 2.51. The molecule has 2 heterocycles. The fourth-order valence-corrected chi connectivity index (χ4v) is 2.19. The lowest BCUT2D eigenvalue weighted by Crippen LogP contribution is -2.30. The number of nitrogens with zero attached hydrogens (tertiary/aromatic N) is 4. The van der Waals surface area contributed by atoms with Crippen molar-refractivity contribution in [3.63, 3.8) is 0 Å². The molecule has 1 amide bonds. The number of hydrogen-bond donors (Lipinski definition) is 1. The van der Waals surface area contributed by atoms with E-state index in [1.165, 1.54) is 0 Å². The summed E-state index contributed by atoms with van der Waals surface area (Å²) in [6.07, 6.45) is 4.30. The highest BCUT2D eigenvalue weighted by Gasteiger charge is 2.15. The fourth-order valence-electron chi connectivity index (χ4n) is 2.19. The van der Waals surface area contributed by atoms with Crippen molar-refractivity contribution in [2.24, 2.45) is 0 Å². The summed E-state index contributed by atoms with van der Waals surface area (Å²) in [5.74, 6) is 1.16. The Morgan fingerprint density at radius 3 is 2.61 bits per heavy atom. The topological polar surface area (TPSA) is 71.0 Å². The second-order valence-electron chi connectivity index (χ2n) is 5.82. The molecule has 0 bridgehead atoms. The third-order valence-electron chi connectivity index (χ3n) is 3.33. The van der Waals surface area contributed by atoms with Crippen molar-refractivity contribution in [3.05, 3.63) is 47.7 Å². The van der Waals surface area contributed by atoms with Gasteiger partial charge < -0.3 is 10.2 Å². The largest absolute Gasteiger partial charge is 0.368 e. The van der Waals surface area contributed by atoms with Gasteiger partial charge >= 0.3 is 0 Å². The van der Waals surface area contributed by atoms with Crippen LogP contribution in [0.25, 0.3) is 0 Å². The van der Waals surface area contributed by atoms with Gasteiger partial charge in [0.2, 0.25) is 0 Å². The number of carbonyl (C=O) groups excluding carboxylic acids is 1. The molecular weight excluding hydrogens is 290 g/mol. The summed E-state index contributed by atoms with van der Waals surface area (Å²) in [6.45, 7) is 6.47. The molecule has 2 aromatic rings. The first-order chi connectivity index (χ1) is 11.0. The molecule has 0 radical (unpaired) electrons. The minimum absolute atomic E-state index is 0.101. The molecule has 2 aromatic heterocycles. The van der Waals surface area contributed by atoms with E-state index in [0.717, 1.165) is 12.0 Å². The SMILES string of the molecule is Cc1nc(NC(C)C)cc(C(=O)N(C)CCc2ccncc2)n1.